The predicted molar refractivity (Wildman–Crippen MR) is 116 cm³/mol. The van der Waals surface area contributed by atoms with Crippen LogP contribution in [-0.2, 0) is 10.0 Å². The van der Waals surface area contributed by atoms with E-state index in [1.807, 2.05) is 12.3 Å². The third-order valence-electron chi connectivity index (χ3n) is 4.42. The monoisotopic (exact) mass is 438 g/mol. The van der Waals surface area contributed by atoms with Gasteiger partial charge < -0.3 is 14.8 Å². The molecule has 7 nitrogen and oxygen atoms in total. The Morgan fingerprint density at radius 1 is 1.03 bits per heavy atom. The van der Waals surface area contributed by atoms with Gasteiger partial charge in [0.1, 0.15) is 11.5 Å². The van der Waals surface area contributed by atoms with E-state index in [1.165, 1.54) is 48.5 Å². The maximum atomic E-state index is 12.9. The molecule has 29 heavy (non-hydrogen) atoms. The van der Waals surface area contributed by atoms with Gasteiger partial charge in [0.2, 0.25) is 10.0 Å². The maximum Gasteiger partial charge on any atom is 0.259 e. The van der Waals surface area contributed by atoms with E-state index in [-0.39, 0.29) is 10.6 Å². The Balaban J connectivity index is 2.43. The molecule has 0 unspecified atom stereocenters. The largest absolute Gasteiger partial charge is 0.496 e. The van der Waals surface area contributed by atoms with Crippen LogP contribution < -0.4 is 14.8 Å². The molecule has 0 radical (unpaired) electrons. The van der Waals surface area contributed by atoms with E-state index < -0.39 is 15.9 Å². The summed E-state index contributed by atoms with van der Waals surface area (Å²) < 4.78 is 37.6. The Morgan fingerprint density at radius 3 is 2.24 bits per heavy atom. The summed E-state index contributed by atoms with van der Waals surface area (Å²) in [5, 5.41) is 2.74. The van der Waals surface area contributed by atoms with Gasteiger partial charge in [0.15, 0.2) is 0 Å². The lowest BCUT2D eigenvalue weighted by Crippen LogP contribution is -2.30. The van der Waals surface area contributed by atoms with Crippen molar-refractivity contribution < 1.29 is 22.7 Å². The standard InChI is InChI=1S/C20H26N2O5S2/c1-6-22(7-2)29(24,25)15-9-11-18(26-3)17(13-15)21-20(23)16-10-8-14(28-5)12-19(16)27-4/h8-13H,6-7H2,1-5H3,(H,21,23). The van der Waals surface area contributed by atoms with E-state index in [0.29, 0.717) is 30.2 Å². The van der Waals surface area contributed by atoms with Crippen molar-refractivity contribution in [1.82, 2.24) is 4.31 Å². The fraction of sp³-hybridized carbons (Fsp3) is 0.350. The SMILES string of the molecule is CCN(CC)S(=O)(=O)c1ccc(OC)c(NC(=O)c2ccc(SC)cc2OC)c1. The Bertz CT molecular complexity index is 973. The van der Waals surface area contributed by atoms with Gasteiger partial charge in [0.05, 0.1) is 30.4 Å². The Kier molecular flexibility index (Phi) is 7.95. The van der Waals surface area contributed by atoms with Crippen LogP contribution in [0.25, 0.3) is 0 Å². The molecule has 0 aromatic heterocycles. The number of methoxy groups -OCH3 is 2. The van der Waals surface area contributed by atoms with Gasteiger partial charge in [-0.1, -0.05) is 13.8 Å². The third-order valence-corrected chi connectivity index (χ3v) is 7.19. The van der Waals surface area contributed by atoms with Crippen molar-refractivity contribution in [1.29, 1.82) is 0 Å². The number of ether oxygens (including phenoxy) is 2. The second kappa shape index (κ2) is 10.00. The minimum absolute atomic E-state index is 0.0852. The highest BCUT2D eigenvalue weighted by atomic mass is 32.2. The van der Waals surface area contributed by atoms with E-state index in [0.717, 1.165) is 4.90 Å². The van der Waals surface area contributed by atoms with Crippen LogP contribution in [0.2, 0.25) is 0 Å². The third kappa shape index (κ3) is 5.04. The molecule has 2 rings (SSSR count). The summed E-state index contributed by atoms with van der Waals surface area (Å²) in [6, 6.07) is 9.67. The molecule has 0 saturated carbocycles. The molecule has 9 heteroatoms. The number of nitrogens with zero attached hydrogens (tertiary/aromatic N) is 1. The summed E-state index contributed by atoms with van der Waals surface area (Å²) in [5.41, 5.74) is 0.603. The number of benzene rings is 2. The molecule has 0 bridgehead atoms. The number of sulfonamides is 1. The number of nitrogens with one attached hydrogen (secondary N) is 1. The second-order valence-electron chi connectivity index (χ2n) is 5.97. The van der Waals surface area contributed by atoms with E-state index in [4.69, 9.17) is 9.47 Å². The van der Waals surface area contributed by atoms with Crippen molar-refractivity contribution in [2.75, 3.05) is 38.9 Å². The van der Waals surface area contributed by atoms with Crippen molar-refractivity contribution in [3.05, 3.63) is 42.0 Å². The van der Waals surface area contributed by atoms with Crippen molar-refractivity contribution in [3.63, 3.8) is 0 Å². The van der Waals surface area contributed by atoms with Gasteiger partial charge in [-0.15, -0.1) is 11.8 Å². The predicted octanol–water partition coefficient (Wildman–Crippen LogP) is 3.71. The normalized spacial score (nSPS) is 11.4. The zero-order chi connectivity index (χ0) is 21.6. The van der Waals surface area contributed by atoms with Crippen molar-refractivity contribution in [3.8, 4) is 11.5 Å². The zero-order valence-corrected chi connectivity index (χ0v) is 18.8. The smallest absolute Gasteiger partial charge is 0.259 e. The van der Waals surface area contributed by atoms with Crippen LogP contribution in [0.15, 0.2) is 46.2 Å². The molecule has 0 aliphatic rings. The summed E-state index contributed by atoms with van der Waals surface area (Å²) >= 11 is 1.54. The van der Waals surface area contributed by atoms with Crippen molar-refractivity contribution in [2.45, 2.75) is 23.6 Å². The Labute approximate surface area is 176 Å². The first-order chi connectivity index (χ1) is 13.8. The van der Waals surface area contributed by atoms with Gasteiger partial charge in [0.25, 0.3) is 5.91 Å². The van der Waals surface area contributed by atoms with Crippen LogP contribution in [0.1, 0.15) is 24.2 Å². The van der Waals surface area contributed by atoms with Crippen LogP contribution in [0.5, 0.6) is 11.5 Å². The highest BCUT2D eigenvalue weighted by molar-refractivity contribution is 7.98. The van der Waals surface area contributed by atoms with Crippen LogP contribution in [0.4, 0.5) is 5.69 Å². The number of hydrogen-bond acceptors (Lipinski definition) is 6. The van der Waals surface area contributed by atoms with Crippen LogP contribution in [-0.4, -0.2) is 52.2 Å². The van der Waals surface area contributed by atoms with E-state index >= 15 is 0 Å². The van der Waals surface area contributed by atoms with Gasteiger partial charge in [-0.3, -0.25) is 4.79 Å². The molecule has 0 atom stereocenters. The lowest BCUT2D eigenvalue weighted by Gasteiger charge is -2.20. The highest BCUT2D eigenvalue weighted by Crippen LogP contribution is 2.31. The molecular formula is C20H26N2O5S2. The van der Waals surface area contributed by atoms with E-state index in [2.05, 4.69) is 5.32 Å². The highest BCUT2D eigenvalue weighted by Gasteiger charge is 2.24. The van der Waals surface area contributed by atoms with E-state index in [1.54, 1.807) is 26.0 Å². The topological polar surface area (TPSA) is 84.9 Å². The minimum atomic E-state index is -3.67. The average molecular weight is 439 g/mol. The molecule has 2 aromatic carbocycles. The number of rotatable bonds is 9. The van der Waals surface area contributed by atoms with Gasteiger partial charge >= 0.3 is 0 Å². The fourth-order valence-electron chi connectivity index (χ4n) is 2.83. The first-order valence-electron chi connectivity index (χ1n) is 9.03. The first-order valence-corrected chi connectivity index (χ1v) is 11.7. The quantitative estimate of drug-likeness (QED) is 0.601. The molecule has 0 saturated heterocycles. The van der Waals surface area contributed by atoms with E-state index in [9.17, 15) is 13.2 Å². The number of hydrogen-bond donors (Lipinski definition) is 1. The lowest BCUT2D eigenvalue weighted by molar-refractivity contribution is 0.102. The van der Waals surface area contributed by atoms with Gasteiger partial charge in [-0.25, -0.2) is 8.42 Å². The van der Waals surface area contributed by atoms with Gasteiger partial charge in [-0.2, -0.15) is 4.31 Å². The van der Waals surface area contributed by atoms with Crippen LogP contribution in [0.3, 0.4) is 0 Å². The average Bonchev–Trinajstić information content (AvgIpc) is 2.73. The first kappa shape index (κ1) is 23.1. The van der Waals surface area contributed by atoms with Gasteiger partial charge in [-0.05, 0) is 42.7 Å². The molecular weight excluding hydrogens is 412 g/mol. The maximum absolute atomic E-state index is 12.9. The fourth-order valence-corrected chi connectivity index (χ4v) is 4.75. The van der Waals surface area contributed by atoms with Gasteiger partial charge in [0, 0.05) is 18.0 Å². The van der Waals surface area contributed by atoms with Crippen LogP contribution >= 0.6 is 11.8 Å². The number of carbonyl (C=O) groups is 1. The van der Waals surface area contributed by atoms with Crippen molar-refractivity contribution >= 4 is 33.4 Å². The summed E-state index contributed by atoms with van der Waals surface area (Å²) in [6.07, 6.45) is 1.93. The molecule has 2 aromatic rings. The second-order valence-corrected chi connectivity index (χ2v) is 8.79. The molecule has 0 spiro atoms. The number of carbonyl (C=O) groups excluding carboxylic acids is 1. The Morgan fingerprint density at radius 2 is 1.69 bits per heavy atom. The van der Waals surface area contributed by atoms with Crippen molar-refractivity contribution in [2.24, 2.45) is 0 Å². The molecule has 0 aliphatic heterocycles. The molecule has 0 fully saturated rings. The summed E-state index contributed by atoms with van der Waals surface area (Å²) in [6.45, 7) is 4.26. The lowest BCUT2D eigenvalue weighted by atomic mass is 10.1. The summed E-state index contributed by atoms with van der Waals surface area (Å²) in [4.78, 5) is 13.9. The minimum Gasteiger partial charge on any atom is -0.496 e. The number of anilines is 1. The Hall–Kier alpha value is -2.23. The zero-order valence-electron chi connectivity index (χ0n) is 17.2. The molecule has 158 valence electrons. The molecule has 1 N–H and O–H groups in total. The summed E-state index contributed by atoms with van der Waals surface area (Å²) in [7, 11) is -0.722. The summed E-state index contributed by atoms with van der Waals surface area (Å²) in [5.74, 6) is 0.363. The molecule has 1 amide bonds. The molecule has 0 heterocycles. The number of amides is 1. The number of thioether (sulfide) groups is 1. The van der Waals surface area contributed by atoms with Crippen LogP contribution in [0, 0.1) is 0 Å². The molecule has 0 aliphatic carbocycles.